The molecule has 0 amide bonds. The molecule has 5 rings (SSSR count). The van der Waals surface area contributed by atoms with E-state index in [2.05, 4.69) is 6.07 Å². The third-order valence-corrected chi connectivity index (χ3v) is 5.25. The Labute approximate surface area is 168 Å². The van der Waals surface area contributed by atoms with E-state index in [-0.39, 0.29) is 0 Å². The first kappa shape index (κ1) is 18.0. The third kappa shape index (κ3) is 3.11. The number of nitriles is 1. The number of benzene rings is 3. The first-order valence-electron chi connectivity index (χ1n) is 9.21. The molecule has 6 nitrogen and oxygen atoms in total. The van der Waals surface area contributed by atoms with Crippen LogP contribution in [0.5, 0.6) is 11.5 Å². The van der Waals surface area contributed by atoms with Crippen molar-refractivity contribution in [2.45, 2.75) is 12.7 Å². The van der Waals surface area contributed by atoms with Crippen molar-refractivity contribution >= 4 is 25.2 Å². The topological polar surface area (TPSA) is 91.9 Å². The van der Waals surface area contributed by atoms with Gasteiger partial charge in [-0.25, -0.2) is 0 Å². The van der Waals surface area contributed by atoms with Gasteiger partial charge >= 0.3 is 14.2 Å². The van der Waals surface area contributed by atoms with Crippen LogP contribution in [0.4, 0.5) is 0 Å². The number of hydrogen-bond donors (Lipinski definition) is 2. The van der Waals surface area contributed by atoms with Gasteiger partial charge in [-0.1, -0.05) is 30.3 Å². The van der Waals surface area contributed by atoms with Crippen LogP contribution < -0.4 is 15.7 Å². The van der Waals surface area contributed by atoms with Crippen LogP contribution in [0.25, 0.3) is 0 Å². The van der Waals surface area contributed by atoms with Gasteiger partial charge in [0.05, 0.1) is 24.3 Å². The van der Waals surface area contributed by atoms with Crippen LogP contribution in [0.15, 0.2) is 60.7 Å². The summed E-state index contributed by atoms with van der Waals surface area (Å²) in [5.74, 6) is 1.14. The molecule has 1 unspecified atom stereocenters. The molecule has 2 aliphatic rings. The van der Waals surface area contributed by atoms with E-state index in [1.54, 1.807) is 30.3 Å². The minimum atomic E-state index is -1.03. The normalized spacial score (nSPS) is 17.1. The summed E-state index contributed by atoms with van der Waals surface area (Å²) in [5, 5.41) is 29.5. The molecule has 0 saturated carbocycles. The number of rotatable bonds is 3. The monoisotopic (exact) mass is 383 g/mol. The summed E-state index contributed by atoms with van der Waals surface area (Å²) < 4.78 is 16.9. The van der Waals surface area contributed by atoms with Gasteiger partial charge in [-0.2, -0.15) is 5.26 Å². The number of fused-ring (bicyclic) bond motifs is 2. The lowest BCUT2D eigenvalue weighted by Gasteiger charge is -2.16. The summed E-state index contributed by atoms with van der Waals surface area (Å²) in [6, 6.07) is 20.1. The van der Waals surface area contributed by atoms with Crippen LogP contribution in [-0.4, -0.2) is 24.3 Å². The molecular weight excluding hydrogens is 368 g/mol. The van der Waals surface area contributed by atoms with E-state index in [1.807, 2.05) is 30.3 Å². The van der Waals surface area contributed by atoms with Crippen molar-refractivity contribution in [1.82, 2.24) is 0 Å². The quantitative estimate of drug-likeness (QED) is 0.665. The minimum Gasteiger partial charge on any atom is -0.457 e. The standard InChI is InChI=1S/C21H15B2NO5/c24-11-13-5-6-16(28-15-7-8-19-14(9-15)12-27-22(19)25)10-18(13)21-17-3-1-2-4-20(17)23(26)29-21/h1-10,21,25-26H,12H2. The van der Waals surface area contributed by atoms with E-state index in [1.165, 1.54) is 0 Å². The average molecular weight is 383 g/mol. The van der Waals surface area contributed by atoms with E-state index in [0.29, 0.717) is 34.7 Å². The molecule has 2 heterocycles. The molecule has 0 aliphatic carbocycles. The summed E-state index contributed by atoms with van der Waals surface area (Å²) in [4.78, 5) is 0. The van der Waals surface area contributed by atoms with Crippen molar-refractivity contribution in [2.75, 3.05) is 0 Å². The highest BCUT2D eigenvalue weighted by atomic mass is 16.5. The molecule has 3 aromatic carbocycles. The fourth-order valence-electron chi connectivity index (χ4n) is 3.82. The highest BCUT2D eigenvalue weighted by Crippen LogP contribution is 2.35. The predicted octanol–water partition coefficient (Wildman–Crippen LogP) is 1.38. The third-order valence-electron chi connectivity index (χ3n) is 5.25. The second kappa shape index (κ2) is 7.07. The van der Waals surface area contributed by atoms with Gasteiger partial charge in [-0.15, -0.1) is 0 Å². The Kier molecular flexibility index (Phi) is 4.38. The maximum Gasteiger partial charge on any atom is 0.492 e. The van der Waals surface area contributed by atoms with Gasteiger partial charge in [0, 0.05) is 5.56 Å². The van der Waals surface area contributed by atoms with Crippen molar-refractivity contribution in [2.24, 2.45) is 0 Å². The zero-order valence-electron chi connectivity index (χ0n) is 15.3. The molecule has 0 fully saturated rings. The van der Waals surface area contributed by atoms with E-state index in [0.717, 1.165) is 16.6 Å². The summed E-state index contributed by atoms with van der Waals surface area (Å²) in [5.41, 5.74) is 4.23. The van der Waals surface area contributed by atoms with Crippen LogP contribution in [-0.2, 0) is 15.9 Å². The van der Waals surface area contributed by atoms with E-state index in [9.17, 15) is 15.3 Å². The lowest BCUT2D eigenvalue weighted by atomic mass is 9.79. The van der Waals surface area contributed by atoms with E-state index < -0.39 is 20.3 Å². The molecule has 2 aliphatic heterocycles. The molecule has 0 radical (unpaired) electrons. The fraction of sp³-hybridized carbons (Fsp3) is 0.0952. The summed E-state index contributed by atoms with van der Waals surface area (Å²) in [6.45, 7) is 0.330. The molecule has 0 saturated heterocycles. The van der Waals surface area contributed by atoms with Crippen LogP contribution >= 0.6 is 0 Å². The number of hydrogen-bond acceptors (Lipinski definition) is 6. The van der Waals surface area contributed by atoms with Crippen LogP contribution in [0.3, 0.4) is 0 Å². The summed E-state index contributed by atoms with van der Waals surface area (Å²) in [7, 11) is -1.93. The van der Waals surface area contributed by atoms with Gasteiger partial charge in [0.1, 0.15) is 11.5 Å². The smallest absolute Gasteiger partial charge is 0.457 e. The minimum absolute atomic E-state index is 0.330. The Bertz CT molecular complexity index is 1150. The Morgan fingerprint density at radius 2 is 1.72 bits per heavy atom. The van der Waals surface area contributed by atoms with Crippen molar-refractivity contribution < 1.29 is 24.1 Å². The van der Waals surface area contributed by atoms with Gasteiger partial charge in [0.2, 0.25) is 0 Å². The number of ether oxygens (including phenoxy) is 1. The second-order valence-electron chi connectivity index (χ2n) is 6.98. The van der Waals surface area contributed by atoms with Crippen molar-refractivity contribution in [3.8, 4) is 17.6 Å². The van der Waals surface area contributed by atoms with Gasteiger partial charge < -0.3 is 24.1 Å². The highest BCUT2D eigenvalue weighted by Gasteiger charge is 2.36. The van der Waals surface area contributed by atoms with E-state index in [4.69, 9.17) is 14.0 Å². The molecule has 3 aromatic rings. The van der Waals surface area contributed by atoms with Crippen molar-refractivity contribution in [3.63, 3.8) is 0 Å². The zero-order chi connectivity index (χ0) is 20.0. The summed E-state index contributed by atoms with van der Waals surface area (Å²) >= 11 is 0. The maximum absolute atomic E-state index is 10.2. The predicted molar refractivity (Wildman–Crippen MR) is 107 cm³/mol. The molecule has 29 heavy (non-hydrogen) atoms. The van der Waals surface area contributed by atoms with Crippen LogP contribution in [0, 0.1) is 11.3 Å². The molecule has 0 bridgehead atoms. The molecule has 2 N–H and O–H groups in total. The SMILES string of the molecule is N#Cc1ccc(Oc2ccc3c(c2)COB3O)cc1C1OB(O)c2ccccc21. The second-order valence-corrected chi connectivity index (χ2v) is 6.98. The average Bonchev–Trinajstić information content (AvgIpc) is 3.28. The van der Waals surface area contributed by atoms with Crippen LogP contribution in [0.1, 0.15) is 28.4 Å². The molecule has 0 spiro atoms. The maximum atomic E-state index is 10.2. The van der Waals surface area contributed by atoms with Gasteiger partial charge in [0.15, 0.2) is 0 Å². The Morgan fingerprint density at radius 1 is 0.931 bits per heavy atom. The van der Waals surface area contributed by atoms with Gasteiger partial charge in [0.25, 0.3) is 0 Å². The molecule has 1 atom stereocenters. The Balaban J connectivity index is 1.49. The largest absolute Gasteiger partial charge is 0.492 e. The first-order valence-corrected chi connectivity index (χ1v) is 9.21. The Morgan fingerprint density at radius 3 is 2.59 bits per heavy atom. The zero-order valence-corrected chi connectivity index (χ0v) is 15.3. The van der Waals surface area contributed by atoms with Crippen molar-refractivity contribution in [1.29, 1.82) is 5.26 Å². The summed E-state index contributed by atoms with van der Waals surface area (Å²) in [6.07, 6.45) is -0.553. The molecule has 0 aromatic heterocycles. The lowest BCUT2D eigenvalue weighted by Crippen LogP contribution is -2.27. The lowest BCUT2D eigenvalue weighted by molar-refractivity contribution is 0.226. The van der Waals surface area contributed by atoms with E-state index >= 15 is 0 Å². The number of nitrogens with zero attached hydrogens (tertiary/aromatic N) is 1. The highest BCUT2D eigenvalue weighted by molar-refractivity contribution is 6.62. The van der Waals surface area contributed by atoms with Gasteiger partial charge in [-0.05, 0) is 52.4 Å². The van der Waals surface area contributed by atoms with Crippen molar-refractivity contribution in [3.05, 3.63) is 82.9 Å². The Hall–Kier alpha value is -3.08. The fourth-order valence-corrected chi connectivity index (χ4v) is 3.82. The van der Waals surface area contributed by atoms with Gasteiger partial charge in [-0.3, -0.25) is 0 Å². The molecular formula is C21H15B2NO5. The van der Waals surface area contributed by atoms with Crippen LogP contribution in [0.2, 0.25) is 0 Å². The molecule has 8 heteroatoms. The molecule has 140 valence electrons. The first-order chi connectivity index (χ1) is 14.1.